The molecule has 2 heterocycles. The van der Waals surface area contributed by atoms with Gasteiger partial charge in [-0.2, -0.15) is 0 Å². The number of anilines is 1. The minimum absolute atomic E-state index is 0.547. The maximum atomic E-state index is 5.85. The van der Waals surface area contributed by atoms with Gasteiger partial charge in [0.15, 0.2) is 0 Å². The van der Waals surface area contributed by atoms with Gasteiger partial charge in [-0.15, -0.1) is 0 Å². The third-order valence-electron chi connectivity index (χ3n) is 3.97. The quantitative estimate of drug-likeness (QED) is 0.811. The molecule has 0 amide bonds. The third kappa shape index (κ3) is 2.72. The first-order chi connectivity index (χ1) is 8.26. The van der Waals surface area contributed by atoms with E-state index in [1.807, 2.05) is 12.1 Å². The highest BCUT2D eigenvalue weighted by molar-refractivity contribution is 6.29. The highest BCUT2D eigenvalue weighted by Crippen LogP contribution is 2.53. The molecule has 4 heteroatoms. The molecule has 1 spiro atoms. The Hall–Kier alpha value is -0.800. The Morgan fingerprint density at radius 1 is 1.41 bits per heavy atom. The van der Waals surface area contributed by atoms with Gasteiger partial charge in [0.05, 0.1) is 0 Å². The Morgan fingerprint density at radius 2 is 2.29 bits per heavy atom. The highest BCUT2D eigenvalue weighted by Gasteiger charge is 2.45. The number of nitrogens with zero attached hydrogens (tertiary/aromatic N) is 1. The van der Waals surface area contributed by atoms with Crippen molar-refractivity contribution >= 4 is 17.4 Å². The van der Waals surface area contributed by atoms with E-state index in [1.54, 1.807) is 6.07 Å². The lowest BCUT2D eigenvalue weighted by Crippen LogP contribution is -2.43. The molecule has 1 aliphatic carbocycles. The maximum absolute atomic E-state index is 5.85. The van der Waals surface area contributed by atoms with Crippen LogP contribution in [0.3, 0.4) is 0 Å². The second-order valence-corrected chi connectivity index (χ2v) is 5.72. The first-order valence-corrected chi connectivity index (χ1v) is 6.73. The van der Waals surface area contributed by atoms with E-state index in [0.717, 1.165) is 18.9 Å². The molecule has 3 nitrogen and oxygen atoms in total. The van der Waals surface area contributed by atoms with Crippen molar-refractivity contribution in [3.63, 3.8) is 0 Å². The van der Waals surface area contributed by atoms with E-state index < -0.39 is 0 Å². The zero-order valence-corrected chi connectivity index (χ0v) is 10.6. The molecule has 92 valence electrons. The van der Waals surface area contributed by atoms with E-state index in [4.69, 9.17) is 11.6 Å². The van der Waals surface area contributed by atoms with E-state index in [1.165, 1.54) is 25.7 Å². The Bertz CT molecular complexity index is 403. The second-order valence-electron chi connectivity index (χ2n) is 5.33. The van der Waals surface area contributed by atoms with Crippen LogP contribution in [0.1, 0.15) is 25.7 Å². The molecule has 1 aliphatic heterocycles. The number of hydrogen-bond donors (Lipinski definition) is 2. The van der Waals surface area contributed by atoms with E-state index in [2.05, 4.69) is 15.6 Å². The summed E-state index contributed by atoms with van der Waals surface area (Å²) in [5.74, 6) is 0.870. The number of hydrogen-bond acceptors (Lipinski definition) is 3. The van der Waals surface area contributed by atoms with Gasteiger partial charge in [-0.05, 0) is 49.8 Å². The van der Waals surface area contributed by atoms with Crippen LogP contribution in [0.4, 0.5) is 5.82 Å². The van der Waals surface area contributed by atoms with Gasteiger partial charge in [0.2, 0.25) is 0 Å². The molecule has 2 aliphatic rings. The van der Waals surface area contributed by atoms with E-state index in [0.29, 0.717) is 16.6 Å². The van der Waals surface area contributed by atoms with Crippen LogP contribution in [0, 0.1) is 5.41 Å². The average molecular weight is 252 g/mol. The summed E-state index contributed by atoms with van der Waals surface area (Å²) in [6.07, 6.45) is 5.53. The molecule has 1 saturated carbocycles. The topological polar surface area (TPSA) is 37.0 Å². The fourth-order valence-corrected chi connectivity index (χ4v) is 2.91. The molecular formula is C13H18ClN3. The maximum Gasteiger partial charge on any atom is 0.131 e. The average Bonchev–Trinajstić information content (AvgIpc) is 3.06. The zero-order chi connectivity index (χ0) is 11.7. The smallest absolute Gasteiger partial charge is 0.131 e. The van der Waals surface area contributed by atoms with Crippen LogP contribution in [0.25, 0.3) is 0 Å². The standard InChI is InChI=1S/C13H18ClN3/c14-11-2-1-3-12(17-11)16-9-10-8-13(4-5-13)6-7-15-10/h1-3,10,15H,4-9H2,(H,16,17). The van der Waals surface area contributed by atoms with Gasteiger partial charge in [0.1, 0.15) is 11.0 Å². The molecule has 2 N–H and O–H groups in total. The van der Waals surface area contributed by atoms with Gasteiger partial charge in [0.25, 0.3) is 0 Å². The number of aromatic nitrogens is 1. The SMILES string of the molecule is Clc1cccc(NCC2CC3(CCN2)CC3)n1. The molecular weight excluding hydrogens is 234 g/mol. The van der Waals surface area contributed by atoms with Crippen molar-refractivity contribution in [3.05, 3.63) is 23.4 Å². The highest BCUT2D eigenvalue weighted by atomic mass is 35.5. The van der Waals surface area contributed by atoms with Gasteiger partial charge in [-0.1, -0.05) is 17.7 Å². The number of rotatable bonds is 3. The molecule has 1 aromatic rings. The molecule has 2 fully saturated rings. The lowest BCUT2D eigenvalue weighted by atomic mass is 9.89. The van der Waals surface area contributed by atoms with Crippen molar-refractivity contribution in [2.75, 3.05) is 18.4 Å². The summed E-state index contributed by atoms with van der Waals surface area (Å²) < 4.78 is 0. The number of piperidine rings is 1. The monoisotopic (exact) mass is 251 g/mol. The van der Waals surface area contributed by atoms with Crippen LogP contribution in [0.2, 0.25) is 5.15 Å². The van der Waals surface area contributed by atoms with Crippen molar-refractivity contribution in [2.45, 2.75) is 31.7 Å². The lowest BCUT2D eigenvalue weighted by molar-refractivity contribution is 0.290. The summed E-state index contributed by atoms with van der Waals surface area (Å²) >= 11 is 5.85. The first-order valence-electron chi connectivity index (χ1n) is 6.36. The van der Waals surface area contributed by atoms with Gasteiger partial charge >= 0.3 is 0 Å². The van der Waals surface area contributed by atoms with Crippen LogP contribution in [-0.4, -0.2) is 24.1 Å². The van der Waals surface area contributed by atoms with Gasteiger partial charge < -0.3 is 10.6 Å². The van der Waals surface area contributed by atoms with Crippen molar-refractivity contribution < 1.29 is 0 Å². The van der Waals surface area contributed by atoms with E-state index >= 15 is 0 Å². The summed E-state index contributed by atoms with van der Waals surface area (Å²) in [6.45, 7) is 2.10. The Balaban J connectivity index is 1.53. The minimum atomic E-state index is 0.547. The fourth-order valence-electron chi connectivity index (χ4n) is 2.75. The van der Waals surface area contributed by atoms with Crippen LogP contribution in [0.5, 0.6) is 0 Å². The van der Waals surface area contributed by atoms with Gasteiger partial charge in [0, 0.05) is 12.6 Å². The zero-order valence-electron chi connectivity index (χ0n) is 9.88. The summed E-state index contributed by atoms with van der Waals surface area (Å²) in [4.78, 5) is 4.24. The molecule has 17 heavy (non-hydrogen) atoms. The summed E-state index contributed by atoms with van der Waals surface area (Å²) in [7, 11) is 0. The molecule has 0 aromatic carbocycles. The van der Waals surface area contributed by atoms with E-state index in [-0.39, 0.29) is 0 Å². The van der Waals surface area contributed by atoms with Gasteiger partial charge in [-0.25, -0.2) is 4.98 Å². The number of pyridine rings is 1. The summed E-state index contributed by atoms with van der Waals surface area (Å²) in [5.41, 5.74) is 0.694. The van der Waals surface area contributed by atoms with Crippen molar-refractivity contribution in [3.8, 4) is 0 Å². The van der Waals surface area contributed by atoms with Crippen molar-refractivity contribution in [1.29, 1.82) is 0 Å². The predicted octanol–water partition coefficient (Wildman–Crippen LogP) is 2.68. The number of nitrogens with one attached hydrogen (secondary N) is 2. The number of halogens is 1. The van der Waals surface area contributed by atoms with Crippen molar-refractivity contribution in [2.24, 2.45) is 5.41 Å². The molecule has 0 bridgehead atoms. The van der Waals surface area contributed by atoms with Crippen molar-refractivity contribution in [1.82, 2.24) is 10.3 Å². The molecule has 1 saturated heterocycles. The molecule has 1 unspecified atom stereocenters. The predicted molar refractivity (Wildman–Crippen MR) is 70.4 cm³/mol. The Labute approximate surface area is 107 Å². The largest absolute Gasteiger partial charge is 0.368 e. The second kappa shape index (κ2) is 4.46. The summed E-state index contributed by atoms with van der Waals surface area (Å²) in [6, 6.07) is 6.26. The first kappa shape index (κ1) is 11.3. The third-order valence-corrected chi connectivity index (χ3v) is 4.18. The van der Waals surface area contributed by atoms with Crippen LogP contribution >= 0.6 is 11.6 Å². The fraction of sp³-hybridized carbons (Fsp3) is 0.615. The van der Waals surface area contributed by atoms with Gasteiger partial charge in [-0.3, -0.25) is 0 Å². The van der Waals surface area contributed by atoms with Crippen LogP contribution in [0.15, 0.2) is 18.2 Å². The van der Waals surface area contributed by atoms with E-state index in [9.17, 15) is 0 Å². The molecule has 3 rings (SSSR count). The van der Waals surface area contributed by atoms with Crippen LogP contribution in [-0.2, 0) is 0 Å². The molecule has 1 aromatic heterocycles. The molecule has 1 atom stereocenters. The normalized spacial score (nSPS) is 25.8. The Kier molecular flexibility index (Phi) is 2.97. The molecule has 0 radical (unpaired) electrons. The summed E-state index contributed by atoms with van der Waals surface area (Å²) in [5, 5.41) is 7.49. The minimum Gasteiger partial charge on any atom is -0.368 e. The Morgan fingerprint density at radius 3 is 3.06 bits per heavy atom. The lowest BCUT2D eigenvalue weighted by Gasteiger charge is -2.30. The van der Waals surface area contributed by atoms with Crippen LogP contribution < -0.4 is 10.6 Å².